The summed E-state index contributed by atoms with van der Waals surface area (Å²) >= 11 is 0. The first-order valence-corrected chi connectivity index (χ1v) is 9.03. The maximum absolute atomic E-state index is 12.2. The summed E-state index contributed by atoms with van der Waals surface area (Å²) in [5.41, 5.74) is 0. The summed E-state index contributed by atoms with van der Waals surface area (Å²) in [4.78, 5) is 12.2. The van der Waals surface area contributed by atoms with E-state index in [0.717, 1.165) is 38.6 Å². The third-order valence-corrected chi connectivity index (χ3v) is 5.41. The molecule has 2 aliphatic rings. The molecular formula is C13H24N2O3S. The SMILES string of the molecule is CS(=O)(=O)N1CCCC(CC(=O)C2CCCCN2)C1. The topological polar surface area (TPSA) is 66.5 Å². The Balaban J connectivity index is 1.86. The Morgan fingerprint density at radius 2 is 2.05 bits per heavy atom. The van der Waals surface area contributed by atoms with Gasteiger partial charge in [0, 0.05) is 19.5 Å². The smallest absolute Gasteiger partial charge is 0.211 e. The van der Waals surface area contributed by atoms with Gasteiger partial charge < -0.3 is 5.32 Å². The molecule has 2 saturated heterocycles. The van der Waals surface area contributed by atoms with Crippen molar-refractivity contribution in [3.05, 3.63) is 0 Å². The molecule has 19 heavy (non-hydrogen) atoms. The van der Waals surface area contributed by atoms with Crippen molar-refractivity contribution >= 4 is 15.8 Å². The molecule has 1 N–H and O–H groups in total. The van der Waals surface area contributed by atoms with Gasteiger partial charge in [0.05, 0.1) is 12.3 Å². The molecule has 0 radical (unpaired) electrons. The van der Waals surface area contributed by atoms with Crippen LogP contribution >= 0.6 is 0 Å². The van der Waals surface area contributed by atoms with Crippen molar-refractivity contribution in [3.63, 3.8) is 0 Å². The van der Waals surface area contributed by atoms with E-state index in [1.54, 1.807) is 0 Å². The van der Waals surface area contributed by atoms with Gasteiger partial charge >= 0.3 is 0 Å². The molecule has 0 amide bonds. The zero-order chi connectivity index (χ0) is 13.9. The van der Waals surface area contributed by atoms with E-state index in [1.807, 2.05) is 0 Å². The van der Waals surface area contributed by atoms with Crippen molar-refractivity contribution in [1.29, 1.82) is 0 Å². The number of hydrogen-bond donors (Lipinski definition) is 1. The predicted molar refractivity (Wildman–Crippen MR) is 74.4 cm³/mol. The Kier molecular flexibility index (Phi) is 4.97. The van der Waals surface area contributed by atoms with Crippen molar-refractivity contribution in [2.24, 2.45) is 5.92 Å². The molecular weight excluding hydrogens is 264 g/mol. The van der Waals surface area contributed by atoms with Crippen molar-refractivity contribution < 1.29 is 13.2 Å². The second-order valence-corrected chi connectivity index (χ2v) is 7.78. The molecule has 0 spiro atoms. The largest absolute Gasteiger partial charge is 0.307 e. The molecule has 0 aromatic rings. The first-order valence-electron chi connectivity index (χ1n) is 7.18. The van der Waals surface area contributed by atoms with Crippen LogP contribution in [0.25, 0.3) is 0 Å². The lowest BCUT2D eigenvalue weighted by Gasteiger charge is -2.31. The van der Waals surface area contributed by atoms with E-state index in [4.69, 9.17) is 0 Å². The van der Waals surface area contributed by atoms with Crippen LogP contribution in [0.4, 0.5) is 0 Å². The molecule has 0 aromatic heterocycles. The third-order valence-electron chi connectivity index (χ3n) is 4.14. The van der Waals surface area contributed by atoms with Crippen LogP contribution in [0.15, 0.2) is 0 Å². The van der Waals surface area contributed by atoms with Gasteiger partial charge in [0.1, 0.15) is 5.78 Å². The Hall–Kier alpha value is -0.460. The number of nitrogens with zero attached hydrogens (tertiary/aromatic N) is 1. The van der Waals surface area contributed by atoms with Crippen molar-refractivity contribution in [1.82, 2.24) is 9.62 Å². The van der Waals surface area contributed by atoms with Crippen LogP contribution < -0.4 is 5.32 Å². The molecule has 6 heteroatoms. The summed E-state index contributed by atoms with van der Waals surface area (Å²) in [6, 6.07) is 0.00219. The number of piperidine rings is 2. The number of sulfonamides is 1. The molecule has 2 fully saturated rings. The van der Waals surface area contributed by atoms with Crippen molar-refractivity contribution in [2.45, 2.75) is 44.6 Å². The van der Waals surface area contributed by atoms with Crippen LogP contribution in [0.1, 0.15) is 38.5 Å². The first kappa shape index (κ1) is 14.9. The van der Waals surface area contributed by atoms with E-state index in [0.29, 0.717) is 19.5 Å². The van der Waals surface area contributed by atoms with Gasteiger partial charge in [0.25, 0.3) is 0 Å². The fraction of sp³-hybridized carbons (Fsp3) is 0.923. The summed E-state index contributed by atoms with van der Waals surface area (Å²) in [5, 5.41) is 3.27. The van der Waals surface area contributed by atoms with Crippen LogP contribution in [0.3, 0.4) is 0 Å². The Bertz CT molecular complexity index is 416. The minimum absolute atomic E-state index is 0.00219. The van der Waals surface area contributed by atoms with Crippen LogP contribution in [0, 0.1) is 5.92 Å². The molecule has 2 unspecified atom stereocenters. The monoisotopic (exact) mass is 288 g/mol. The molecule has 0 aliphatic carbocycles. The second kappa shape index (κ2) is 6.33. The third kappa shape index (κ3) is 4.26. The predicted octanol–water partition coefficient (Wildman–Crippen LogP) is 0.759. The second-order valence-electron chi connectivity index (χ2n) is 5.80. The minimum Gasteiger partial charge on any atom is -0.307 e. The Morgan fingerprint density at radius 3 is 2.68 bits per heavy atom. The first-order chi connectivity index (χ1) is 8.97. The molecule has 2 atom stereocenters. The highest BCUT2D eigenvalue weighted by Gasteiger charge is 2.29. The molecule has 2 aliphatic heterocycles. The normalized spacial score (nSPS) is 30.2. The van der Waals surface area contributed by atoms with E-state index in [2.05, 4.69) is 5.32 Å². The van der Waals surface area contributed by atoms with E-state index >= 15 is 0 Å². The molecule has 2 rings (SSSR count). The average molecular weight is 288 g/mol. The highest BCUT2D eigenvalue weighted by Crippen LogP contribution is 2.23. The molecule has 0 bridgehead atoms. The van der Waals surface area contributed by atoms with Gasteiger partial charge in [-0.15, -0.1) is 0 Å². The highest BCUT2D eigenvalue weighted by molar-refractivity contribution is 7.88. The zero-order valence-corrected chi connectivity index (χ0v) is 12.4. The van der Waals surface area contributed by atoms with E-state index in [9.17, 15) is 13.2 Å². The van der Waals surface area contributed by atoms with Crippen LogP contribution in [-0.4, -0.2) is 50.4 Å². The Labute approximate surface area is 115 Å². The highest BCUT2D eigenvalue weighted by atomic mass is 32.2. The van der Waals surface area contributed by atoms with Crippen LogP contribution in [-0.2, 0) is 14.8 Å². The fourth-order valence-electron chi connectivity index (χ4n) is 3.05. The van der Waals surface area contributed by atoms with Gasteiger partial charge in [-0.25, -0.2) is 12.7 Å². The Morgan fingerprint density at radius 1 is 1.26 bits per heavy atom. The number of rotatable bonds is 4. The fourth-order valence-corrected chi connectivity index (χ4v) is 3.99. The zero-order valence-electron chi connectivity index (χ0n) is 11.6. The van der Waals surface area contributed by atoms with Gasteiger partial charge in [-0.05, 0) is 38.1 Å². The van der Waals surface area contributed by atoms with Gasteiger partial charge in [0.15, 0.2) is 0 Å². The van der Waals surface area contributed by atoms with E-state index in [-0.39, 0.29) is 17.7 Å². The lowest BCUT2D eigenvalue weighted by molar-refractivity contribution is -0.122. The van der Waals surface area contributed by atoms with Gasteiger partial charge in [-0.1, -0.05) is 6.42 Å². The van der Waals surface area contributed by atoms with Crippen LogP contribution in [0.5, 0.6) is 0 Å². The summed E-state index contributed by atoms with van der Waals surface area (Å²) < 4.78 is 24.6. The summed E-state index contributed by atoms with van der Waals surface area (Å²) in [5.74, 6) is 0.458. The van der Waals surface area contributed by atoms with Gasteiger partial charge in [-0.2, -0.15) is 0 Å². The van der Waals surface area contributed by atoms with Gasteiger partial charge in [0.2, 0.25) is 10.0 Å². The molecule has 0 aromatic carbocycles. The number of Topliss-reactive ketones (excluding diaryl/α,β-unsaturated/α-hetero) is 1. The van der Waals surface area contributed by atoms with Crippen molar-refractivity contribution in [3.8, 4) is 0 Å². The summed E-state index contributed by atoms with van der Waals surface area (Å²) in [6.07, 6.45) is 6.79. The molecule has 110 valence electrons. The number of ketones is 1. The number of nitrogens with one attached hydrogen (secondary N) is 1. The van der Waals surface area contributed by atoms with Crippen molar-refractivity contribution in [2.75, 3.05) is 25.9 Å². The summed E-state index contributed by atoms with van der Waals surface area (Å²) in [6.45, 7) is 2.04. The lowest BCUT2D eigenvalue weighted by Crippen LogP contribution is -2.44. The lowest BCUT2D eigenvalue weighted by atomic mass is 9.89. The maximum atomic E-state index is 12.2. The number of carbonyl (C=O) groups excluding carboxylic acids is 1. The van der Waals surface area contributed by atoms with E-state index < -0.39 is 10.0 Å². The number of hydrogen-bond acceptors (Lipinski definition) is 4. The standard InChI is InChI=1S/C13H24N2O3S/c1-19(17,18)15-8-4-5-11(10-15)9-13(16)12-6-2-3-7-14-12/h11-12,14H,2-10H2,1H3. The van der Waals surface area contributed by atoms with Gasteiger partial charge in [-0.3, -0.25) is 4.79 Å². The maximum Gasteiger partial charge on any atom is 0.211 e. The number of carbonyl (C=O) groups is 1. The quantitative estimate of drug-likeness (QED) is 0.829. The minimum atomic E-state index is -3.11. The van der Waals surface area contributed by atoms with E-state index in [1.165, 1.54) is 10.6 Å². The molecule has 2 heterocycles. The average Bonchev–Trinajstić information content (AvgIpc) is 2.39. The van der Waals surface area contributed by atoms with Crippen LogP contribution in [0.2, 0.25) is 0 Å². The molecule has 0 saturated carbocycles. The summed E-state index contributed by atoms with van der Waals surface area (Å²) in [7, 11) is -3.11. The molecule has 5 nitrogen and oxygen atoms in total.